The molecule has 25 heavy (non-hydrogen) atoms. The van der Waals surface area contributed by atoms with Gasteiger partial charge in [0.2, 0.25) is 0 Å². The van der Waals surface area contributed by atoms with Gasteiger partial charge in [-0.1, -0.05) is 41.5 Å². The van der Waals surface area contributed by atoms with E-state index in [0.29, 0.717) is 6.04 Å². The van der Waals surface area contributed by atoms with Gasteiger partial charge in [0, 0.05) is 41.3 Å². The van der Waals surface area contributed by atoms with E-state index in [1.807, 2.05) is 11.3 Å². The van der Waals surface area contributed by atoms with E-state index < -0.39 is 0 Å². The first kappa shape index (κ1) is 15.6. The van der Waals surface area contributed by atoms with Crippen LogP contribution >= 0.6 is 11.3 Å². The summed E-state index contributed by atoms with van der Waals surface area (Å²) in [6.07, 6.45) is 0. The molecular formula is C22H24N2S. The Kier molecular flexibility index (Phi) is 3.53. The van der Waals surface area contributed by atoms with Gasteiger partial charge in [-0.2, -0.15) is 0 Å². The highest BCUT2D eigenvalue weighted by atomic mass is 32.1. The quantitative estimate of drug-likeness (QED) is 0.621. The molecule has 2 heterocycles. The van der Waals surface area contributed by atoms with E-state index in [1.54, 1.807) is 5.56 Å². The van der Waals surface area contributed by atoms with Gasteiger partial charge in [-0.25, -0.2) is 0 Å². The average Bonchev–Trinajstić information content (AvgIpc) is 3.10. The number of likely N-dealkylation sites (N-methyl/N-ethyl adjacent to an activating group) is 1. The molecule has 0 saturated carbocycles. The Morgan fingerprint density at radius 1 is 0.920 bits per heavy atom. The molecule has 2 aromatic carbocycles. The molecule has 1 atom stereocenters. The van der Waals surface area contributed by atoms with Gasteiger partial charge in [-0.15, -0.1) is 11.3 Å². The van der Waals surface area contributed by atoms with Crippen LogP contribution in [0.4, 0.5) is 0 Å². The Balaban J connectivity index is 1.73. The molecule has 1 aromatic heterocycles. The Morgan fingerprint density at radius 3 is 2.44 bits per heavy atom. The van der Waals surface area contributed by atoms with Gasteiger partial charge in [0.1, 0.15) is 0 Å². The highest BCUT2D eigenvalue weighted by molar-refractivity contribution is 7.22. The molecule has 0 bridgehead atoms. The normalized spacial score (nSPS) is 20.8. The number of benzene rings is 2. The molecule has 1 fully saturated rings. The Morgan fingerprint density at radius 2 is 1.64 bits per heavy atom. The summed E-state index contributed by atoms with van der Waals surface area (Å²) < 4.78 is 1.43. The van der Waals surface area contributed by atoms with Gasteiger partial charge in [0.15, 0.2) is 0 Å². The molecule has 2 aliphatic rings. The number of hydrogen-bond donors (Lipinski definition) is 0. The molecule has 5 rings (SSSR count). The van der Waals surface area contributed by atoms with Gasteiger partial charge >= 0.3 is 0 Å². The summed E-state index contributed by atoms with van der Waals surface area (Å²) in [5.41, 5.74) is 7.28. The van der Waals surface area contributed by atoms with E-state index in [0.717, 1.165) is 26.2 Å². The highest BCUT2D eigenvalue weighted by Gasteiger charge is 2.37. The van der Waals surface area contributed by atoms with E-state index in [9.17, 15) is 0 Å². The minimum absolute atomic E-state index is 0.425. The maximum atomic E-state index is 2.71. The second kappa shape index (κ2) is 5.66. The molecule has 128 valence electrons. The van der Waals surface area contributed by atoms with E-state index in [2.05, 4.69) is 67.1 Å². The zero-order valence-electron chi connectivity index (χ0n) is 15.2. The van der Waals surface area contributed by atoms with Crippen LogP contribution < -0.4 is 0 Å². The monoisotopic (exact) mass is 348 g/mol. The van der Waals surface area contributed by atoms with Crippen LogP contribution in [0.25, 0.3) is 20.5 Å². The molecule has 0 radical (unpaired) electrons. The summed E-state index contributed by atoms with van der Waals surface area (Å²) in [5, 5.41) is 1.47. The summed E-state index contributed by atoms with van der Waals surface area (Å²) in [4.78, 5) is 6.65. The fraction of sp³-hybridized carbons (Fsp3) is 0.364. The van der Waals surface area contributed by atoms with Crippen molar-refractivity contribution in [2.45, 2.75) is 19.9 Å². The second-order valence-electron chi connectivity index (χ2n) is 7.68. The fourth-order valence-electron chi connectivity index (χ4n) is 4.43. The summed E-state index contributed by atoms with van der Waals surface area (Å²) in [5.74, 6) is 0. The molecule has 1 saturated heterocycles. The molecule has 1 aliphatic heterocycles. The third-order valence-corrected chi connectivity index (χ3v) is 7.02. The molecule has 0 amide bonds. The van der Waals surface area contributed by atoms with Crippen LogP contribution in [-0.2, 0) is 0 Å². The smallest absolute Gasteiger partial charge is 0.0629 e. The largest absolute Gasteiger partial charge is 0.304 e. The van der Waals surface area contributed by atoms with Crippen LogP contribution in [0, 0.1) is 13.8 Å². The molecule has 3 heteroatoms. The lowest BCUT2D eigenvalue weighted by Gasteiger charge is -2.37. The highest BCUT2D eigenvalue weighted by Crippen LogP contribution is 2.53. The number of piperazine rings is 1. The molecule has 0 spiro atoms. The average molecular weight is 349 g/mol. The summed E-state index contributed by atoms with van der Waals surface area (Å²) >= 11 is 1.97. The maximum Gasteiger partial charge on any atom is 0.0629 e. The number of hydrogen-bond acceptors (Lipinski definition) is 3. The van der Waals surface area contributed by atoms with Crippen molar-refractivity contribution in [3.8, 4) is 10.4 Å². The van der Waals surface area contributed by atoms with Gasteiger partial charge in [0.25, 0.3) is 0 Å². The number of aryl methyl sites for hydroxylation is 2. The van der Waals surface area contributed by atoms with Crippen LogP contribution in [-0.4, -0.2) is 43.0 Å². The Labute approximate surface area is 153 Å². The Hall–Kier alpha value is -1.68. The SMILES string of the molecule is Cc1ccc2c(c1)C(N1CCN(C)CC1)c1c-2sc2ccc(C)cc12. The van der Waals surface area contributed by atoms with E-state index in [1.165, 1.54) is 37.2 Å². The van der Waals surface area contributed by atoms with Crippen LogP contribution in [0.1, 0.15) is 28.3 Å². The van der Waals surface area contributed by atoms with Crippen molar-refractivity contribution < 1.29 is 0 Å². The number of rotatable bonds is 1. The predicted molar refractivity (Wildman–Crippen MR) is 108 cm³/mol. The zero-order chi connectivity index (χ0) is 17.1. The van der Waals surface area contributed by atoms with Gasteiger partial charge in [-0.05, 0) is 43.5 Å². The topological polar surface area (TPSA) is 6.48 Å². The number of nitrogens with zero attached hydrogens (tertiary/aromatic N) is 2. The molecular weight excluding hydrogens is 324 g/mol. The molecule has 1 unspecified atom stereocenters. The minimum atomic E-state index is 0.425. The molecule has 3 aromatic rings. The molecule has 1 aliphatic carbocycles. The van der Waals surface area contributed by atoms with Crippen LogP contribution in [0.2, 0.25) is 0 Å². The van der Waals surface area contributed by atoms with Crippen molar-refractivity contribution in [1.82, 2.24) is 9.80 Å². The first-order valence-corrected chi connectivity index (χ1v) is 10.00. The predicted octanol–water partition coefficient (Wildman–Crippen LogP) is 4.84. The van der Waals surface area contributed by atoms with Crippen molar-refractivity contribution in [2.75, 3.05) is 33.2 Å². The Bertz CT molecular complexity index is 964. The van der Waals surface area contributed by atoms with Crippen LogP contribution in [0.3, 0.4) is 0 Å². The lowest BCUT2D eigenvalue weighted by Crippen LogP contribution is -2.45. The standard InChI is InChI=1S/C22H24N2S/c1-14-4-6-16-17(12-14)21(24-10-8-23(3)9-11-24)20-18-13-15(2)5-7-19(18)25-22(16)20/h4-7,12-13,21H,8-11H2,1-3H3. The molecule has 2 nitrogen and oxygen atoms in total. The van der Waals surface area contributed by atoms with Crippen molar-refractivity contribution in [1.29, 1.82) is 0 Å². The van der Waals surface area contributed by atoms with Gasteiger partial charge in [0.05, 0.1) is 6.04 Å². The zero-order valence-corrected chi connectivity index (χ0v) is 16.0. The third-order valence-electron chi connectivity index (χ3n) is 5.80. The lowest BCUT2D eigenvalue weighted by molar-refractivity contribution is 0.129. The van der Waals surface area contributed by atoms with Gasteiger partial charge in [-0.3, -0.25) is 4.90 Å². The summed E-state index contributed by atoms with van der Waals surface area (Å²) in [6, 6.07) is 14.4. The first-order chi connectivity index (χ1) is 12.1. The fourth-order valence-corrected chi connectivity index (χ4v) is 5.69. The summed E-state index contributed by atoms with van der Waals surface area (Å²) in [6.45, 7) is 9.05. The number of thiophene rings is 1. The van der Waals surface area contributed by atoms with E-state index >= 15 is 0 Å². The van der Waals surface area contributed by atoms with Gasteiger partial charge < -0.3 is 4.90 Å². The second-order valence-corrected chi connectivity index (χ2v) is 8.73. The molecule has 0 N–H and O–H groups in total. The van der Waals surface area contributed by atoms with Crippen LogP contribution in [0.5, 0.6) is 0 Å². The van der Waals surface area contributed by atoms with Crippen molar-refractivity contribution in [2.24, 2.45) is 0 Å². The maximum absolute atomic E-state index is 2.71. The third kappa shape index (κ3) is 2.37. The van der Waals surface area contributed by atoms with Crippen LogP contribution in [0.15, 0.2) is 36.4 Å². The van der Waals surface area contributed by atoms with Crippen molar-refractivity contribution in [3.63, 3.8) is 0 Å². The van der Waals surface area contributed by atoms with Crippen molar-refractivity contribution in [3.05, 3.63) is 58.7 Å². The van der Waals surface area contributed by atoms with Crippen molar-refractivity contribution >= 4 is 21.4 Å². The van der Waals surface area contributed by atoms with E-state index in [-0.39, 0.29) is 0 Å². The lowest BCUT2D eigenvalue weighted by atomic mass is 9.98. The first-order valence-electron chi connectivity index (χ1n) is 9.18. The number of fused-ring (bicyclic) bond motifs is 5. The minimum Gasteiger partial charge on any atom is -0.304 e. The summed E-state index contributed by atoms with van der Waals surface area (Å²) in [7, 11) is 2.23. The van der Waals surface area contributed by atoms with E-state index in [4.69, 9.17) is 0 Å².